The second kappa shape index (κ2) is 7.43. The molecule has 0 saturated heterocycles. The number of pyridine rings is 1. The van der Waals surface area contributed by atoms with Crippen molar-refractivity contribution in [1.29, 1.82) is 0 Å². The standard InChI is InChI=1S/C17H22ClN3/c1-4-19-11-15-8-9-17(20-13(15)2)21(3)12-14-6-5-7-16(18)10-14/h5-10,19H,4,11-12H2,1-3H3. The Labute approximate surface area is 132 Å². The number of nitrogens with one attached hydrogen (secondary N) is 1. The third-order valence-electron chi connectivity index (χ3n) is 3.45. The second-order valence-electron chi connectivity index (χ2n) is 5.18. The summed E-state index contributed by atoms with van der Waals surface area (Å²) in [5, 5.41) is 4.10. The summed E-state index contributed by atoms with van der Waals surface area (Å²) in [6, 6.07) is 12.2. The zero-order valence-corrected chi connectivity index (χ0v) is 13.6. The van der Waals surface area contributed by atoms with Crippen LogP contribution in [0.2, 0.25) is 5.02 Å². The number of aromatic nitrogens is 1. The Balaban J connectivity index is 2.08. The van der Waals surface area contributed by atoms with Crippen molar-refractivity contribution in [2.75, 3.05) is 18.5 Å². The second-order valence-corrected chi connectivity index (χ2v) is 5.62. The molecule has 1 aromatic carbocycles. The third kappa shape index (κ3) is 4.45. The van der Waals surface area contributed by atoms with Crippen molar-refractivity contribution in [3.8, 4) is 0 Å². The molecule has 3 nitrogen and oxygen atoms in total. The van der Waals surface area contributed by atoms with E-state index in [1.165, 1.54) is 11.1 Å². The Bertz CT molecular complexity index is 598. The monoisotopic (exact) mass is 303 g/mol. The van der Waals surface area contributed by atoms with E-state index in [0.717, 1.165) is 36.2 Å². The largest absolute Gasteiger partial charge is 0.355 e. The molecule has 1 N–H and O–H groups in total. The number of benzene rings is 1. The van der Waals surface area contributed by atoms with E-state index in [4.69, 9.17) is 16.6 Å². The van der Waals surface area contributed by atoms with Gasteiger partial charge in [0.05, 0.1) is 0 Å². The molecule has 0 amide bonds. The topological polar surface area (TPSA) is 28.2 Å². The molecule has 0 aliphatic heterocycles. The average molecular weight is 304 g/mol. The predicted octanol–water partition coefficient (Wildman–Crippen LogP) is 3.79. The van der Waals surface area contributed by atoms with E-state index in [-0.39, 0.29) is 0 Å². The number of hydrogen-bond donors (Lipinski definition) is 1. The molecule has 1 heterocycles. The van der Waals surface area contributed by atoms with E-state index in [1.807, 2.05) is 25.2 Å². The normalized spacial score (nSPS) is 10.7. The highest BCUT2D eigenvalue weighted by Crippen LogP contribution is 2.18. The molecule has 2 aromatic rings. The van der Waals surface area contributed by atoms with Gasteiger partial charge in [-0.3, -0.25) is 0 Å². The molecule has 1 aromatic heterocycles. The summed E-state index contributed by atoms with van der Waals surface area (Å²) in [5.74, 6) is 0.979. The highest BCUT2D eigenvalue weighted by molar-refractivity contribution is 6.30. The zero-order valence-electron chi connectivity index (χ0n) is 12.9. The summed E-state index contributed by atoms with van der Waals surface area (Å²) >= 11 is 6.03. The fourth-order valence-corrected chi connectivity index (χ4v) is 2.44. The zero-order chi connectivity index (χ0) is 15.2. The molecule has 112 valence electrons. The van der Waals surface area contributed by atoms with Crippen LogP contribution in [0.25, 0.3) is 0 Å². The molecule has 0 bridgehead atoms. The summed E-state index contributed by atoms with van der Waals surface area (Å²) < 4.78 is 0. The van der Waals surface area contributed by atoms with E-state index in [1.54, 1.807) is 0 Å². The van der Waals surface area contributed by atoms with Crippen LogP contribution in [0, 0.1) is 6.92 Å². The SMILES string of the molecule is CCNCc1ccc(N(C)Cc2cccc(Cl)c2)nc1C. The molecule has 0 saturated carbocycles. The number of anilines is 1. The molecular weight excluding hydrogens is 282 g/mol. The maximum atomic E-state index is 6.03. The minimum atomic E-state index is 0.769. The molecule has 0 aliphatic carbocycles. The smallest absolute Gasteiger partial charge is 0.128 e. The van der Waals surface area contributed by atoms with Gasteiger partial charge in [0.2, 0.25) is 0 Å². The Morgan fingerprint density at radius 2 is 2.05 bits per heavy atom. The number of rotatable bonds is 6. The summed E-state index contributed by atoms with van der Waals surface area (Å²) in [6.07, 6.45) is 0. The lowest BCUT2D eigenvalue weighted by atomic mass is 10.2. The molecule has 0 spiro atoms. The lowest BCUT2D eigenvalue weighted by molar-refractivity contribution is 0.719. The van der Waals surface area contributed by atoms with Crippen LogP contribution in [-0.2, 0) is 13.1 Å². The van der Waals surface area contributed by atoms with Gasteiger partial charge in [-0.1, -0.05) is 36.7 Å². The number of nitrogens with zero attached hydrogens (tertiary/aromatic N) is 2. The first kappa shape index (κ1) is 15.8. The van der Waals surface area contributed by atoms with Gasteiger partial charge >= 0.3 is 0 Å². The molecule has 2 rings (SSSR count). The van der Waals surface area contributed by atoms with Crippen LogP contribution in [0.5, 0.6) is 0 Å². The average Bonchev–Trinajstić information content (AvgIpc) is 2.46. The Kier molecular flexibility index (Phi) is 5.59. The van der Waals surface area contributed by atoms with E-state index >= 15 is 0 Å². The maximum Gasteiger partial charge on any atom is 0.128 e. The van der Waals surface area contributed by atoms with Gasteiger partial charge in [-0.25, -0.2) is 4.98 Å². The number of aryl methyl sites for hydroxylation is 1. The van der Waals surface area contributed by atoms with Gasteiger partial charge in [-0.05, 0) is 42.8 Å². The molecular formula is C17H22ClN3. The van der Waals surface area contributed by atoms with E-state index < -0.39 is 0 Å². The maximum absolute atomic E-state index is 6.03. The van der Waals surface area contributed by atoms with Gasteiger partial charge in [0.15, 0.2) is 0 Å². The van der Waals surface area contributed by atoms with Gasteiger partial charge in [-0.2, -0.15) is 0 Å². The summed E-state index contributed by atoms with van der Waals surface area (Å²) in [4.78, 5) is 6.83. The molecule has 0 aliphatic rings. The summed E-state index contributed by atoms with van der Waals surface area (Å²) in [7, 11) is 2.05. The summed E-state index contributed by atoms with van der Waals surface area (Å²) in [6.45, 7) is 6.79. The lowest BCUT2D eigenvalue weighted by Crippen LogP contribution is -2.19. The van der Waals surface area contributed by atoms with Crippen LogP contribution < -0.4 is 10.2 Å². The van der Waals surface area contributed by atoms with Crippen molar-refractivity contribution in [2.45, 2.75) is 26.9 Å². The van der Waals surface area contributed by atoms with Crippen LogP contribution in [0.3, 0.4) is 0 Å². The van der Waals surface area contributed by atoms with Crippen molar-refractivity contribution in [1.82, 2.24) is 10.3 Å². The first-order valence-electron chi connectivity index (χ1n) is 7.23. The minimum Gasteiger partial charge on any atom is -0.355 e. The minimum absolute atomic E-state index is 0.769. The van der Waals surface area contributed by atoms with Crippen LogP contribution in [0.1, 0.15) is 23.7 Å². The lowest BCUT2D eigenvalue weighted by Gasteiger charge is -2.19. The molecule has 4 heteroatoms. The molecule has 0 radical (unpaired) electrons. The third-order valence-corrected chi connectivity index (χ3v) is 3.68. The van der Waals surface area contributed by atoms with Crippen molar-refractivity contribution in [2.24, 2.45) is 0 Å². The Hall–Kier alpha value is -1.58. The van der Waals surface area contributed by atoms with E-state index in [0.29, 0.717) is 0 Å². The van der Waals surface area contributed by atoms with Crippen molar-refractivity contribution >= 4 is 17.4 Å². The van der Waals surface area contributed by atoms with Gasteiger partial charge < -0.3 is 10.2 Å². The van der Waals surface area contributed by atoms with Crippen LogP contribution >= 0.6 is 11.6 Å². The fraction of sp³-hybridized carbons (Fsp3) is 0.353. The fourth-order valence-electron chi connectivity index (χ4n) is 2.23. The van der Waals surface area contributed by atoms with Crippen LogP contribution in [0.4, 0.5) is 5.82 Å². The molecule has 0 unspecified atom stereocenters. The van der Waals surface area contributed by atoms with Crippen molar-refractivity contribution < 1.29 is 0 Å². The number of halogens is 1. The first-order chi connectivity index (χ1) is 10.1. The van der Waals surface area contributed by atoms with Gasteiger partial charge in [0.25, 0.3) is 0 Å². The molecule has 21 heavy (non-hydrogen) atoms. The van der Waals surface area contributed by atoms with Gasteiger partial charge in [-0.15, -0.1) is 0 Å². The van der Waals surface area contributed by atoms with Gasteiger partial charge in [0.1, 0.15) is 5.82 Å². The quantitative estimate of drug-likeness (QED) is 0.880. The highest BCUT2D eigenvalue weighted by atomic mass is 35.5. The Morgan fingerprint density at radius 3 is 2.71 bits per heavy atom. The van der Waals surface area contributed by atoms with Crippen molar-refractivity contribution in [3.63, 3.8) is 0 Å². The highest BCUT2D eigenvalue weighted by Gasteiger charge is 2.07. The predicted molar refractivity (Wildman–Crippen MR) is 89.9 cm³/mol. The molecule has 0 atom stereocenters. The van der Waals surface area contributed by atoms with Crippen molar-refractivity contribution in [3.05, 3.63) is 58.2 Å². The first-order valence-corrected chi connectivity index (χ1v) is 7.60. The van der Waals surface area contributed by atoms with Crippen LogP contribution in [0.15, 0.2) is 36.4 Å². The number of hydrogen-bond acceptors (Lipinski definition) is 3. The van der Waals surface area contributed by atoms with Gasteiger partial charge in [0, 0.05) is 30.9 Å². The molecule has 0 fully saturated rings. The Morgan fingerprint density at radius 1 is 1.24 bits per heavy atom. The van der Waals surface area contributed by atoms with Crippen LogP contribution in [-0.4, -0.2) is 18.6 Å². The van der Waals surface area contributed by atoms with E-state index in [9.17, 15) is 0 Å². The summed E-state index contributed by atoms with van der Waals surface area (Å²) in [5.41, 5.74) is 3.50. The van der Waals surface area contributed by atoms with E-state index in [2.05, 4.69) is 42.3 Å².